The van der Waals surface area contributed by atoms with Gasteiger partial charge in [0.15, 0.2) is 6.61 Å². The summed E-state index contributed by atoms with van der Waals surface area (Å²) in [6, 6.07) is 3.75. The smallest absolute Gasteiger partial charge is 0.338 e. The number of primary sulfonamides is 1. The van der Waals surface area contributed by atoms with Gasteiger partial charge in [0, 0.05) is 13.1 Å². The number of amides is 1. The molecular weight excluding hydrogens is 380 g/mol. The molecule has 1 saturated carbocycles. The van der Waals surface area contributed by atoms with E-state index in [-0.39, 0.29) is 27.4 Å². The van der Waals surface area contributed by atoms with E-state index in [1.807, 2.05) is 0 Å². The number of ether oxygens (including phenoxy) is 1. The van der Waals surface area contributed by atoms with Crippen LogP contribution in [0.3, 0.4) is 0 Å². The molecule has 0 unspecified atom stereocenters. The number of benzene rings is 1. The Hall–Kier alpha value is -1.64. The number of hydrogen-bond donors (Lipinski definition) is 1. The summed E-state index contributed by atoms with van der Waals surface area (Å²) in [6.45, 7) is 1.79. The summed E-state index contributed by atoms with van der Waals surface area (Å²) >= 11 is 5.78. The second-order valence-electron chi connectivity index (χ2n) is 6.68. The number of likely N-dealkylation sites (N-methyl/N-ethyl adjacent to an activating group) is 1. The van der Waals surface area contributed by atoms with Crippen molar-refractivity contribution < 1.29 is 22.7 Å². The minimum absolute atomic E-state index is 0.0413. The molecule has 0 bridgehead atoms. The van der Waals surface area contributed by atoms with E-state index in [0.717, 1.165) is 31.7 Å². The molecule has 2 N–H and O–H groups in total. The van der Waals surface area contributed by atoms with E-state index in [2.05, 4.69) is 6.92 Å². The van der Waals surface area contributed by atoms with Gasteiger partial charge in [-0.25, -0.2) is 18.4 Å². The number of sulfonamides is 1. The number of esters is 1. The fourth-order valence-electron chi connectivity index (χ4n) is 2.99. The van der Waals surface area contributed by atoms with Crippen molar-refractivity contribution in [2.24, 2.45) is 11.1 Å². The Morgan fingerprint density at radius 1 is 1.27 bits per heavy atom. The zero-order valence-corrected chi connectivity index (χ0v) is 16.3. The van der Waals surface area contributed by atoms with Crippen molar-refractivity contribution in [2.45, 2.75) is 43.5 Å². The van der Waals surface area contributed by atoms with Crippen LogP contribution in [-0.4, -0.2) is 44.9 Å². The van der Waals surface area contributed by atoms with Gasteiger partial charge in [-0.3, -0.25) is 4.79 Å². The first kappa shape index (κ1) is 20.7. The highest BCUT2D eigenvalue weighted by molar-refractivity contribution is 7.89. The average molecular weight is 403 g/mol. The van der Waals surface area contributed by atoms with E-state index in [4.69, 9.17) is 21.5 Å². The van der Waals surface area contributed by atoms with E-state index in [1.54, 1.807) is 11.9 Å². The van der Waals surface area contributed by atoms with Crippen LogP contribution in [-0.2, 0) is 19.6 Å². The average Bonchev–Trinajstić information content (AvgIpc) is 2.58. The van der Waals surface area contributed by atoms with Crippen LogP contribution in [0.4, 0.5) is 0 Å². The lowest BCUT2D eigenvalue weighted by Crippen LogP contribution is -2.41. The standard InChI is InChI=1S/C17H23ClN2O5S/c1-11-3-6-13(7-4-11)20(2)16(21)10-25-17(22)12-5-8-14(18)15(9-12)26(19,23)24/h5,8-9,11,13H,3-4,6-7,10H2,1-2H3,(H2,19,23,24). The van der Waals surface area contributed by atoms with Gasteiger partial charge >= 0.3 is 5.97 Å². The minimum Gasteiger partial charge on any atom is -0.452 e. The molecular formula is C17H23ClN2O5S. The normalized spacial score (nSPS) is 20.5. The van der Waals surface area contributed by atoms with Gasteiger partial charge < -0.3 is 9.64 Å². The summed E-state index contributed by atoms with van der Waals surface area (Å²) in [6.07, 6.45) is 4.02. The van der Waals surface area contributed by atoms with Crippen LogP contribution in [0.25, 0.3) is 0 Å². The Kier molecular flexibility index (Phi) is 6.65. The second-order valence-corrected chi connectivity index (χ2v) is 8.62. The first-order chi connectivity index (χ1) is 12.1. The van der Waals surface area contributed by atoms with Gasteiger partial charge in [0.2, 0.25) is 10.0 Å². The lowest BCUT2D eigenvalue weighted by Gasteiger charge is -2.33. The number of halogens is 1. The van der Waals surface area contributed by atoms with E-state index in [1.165, 1.54) is 12.1 Å². The van der Waals surface area contributed by atoms with Crippen molar-refractivity contribution in [2.75, 3.05) is 13.7 Å². The van der Waals surface area contributed by atoms with Crippen molar-refractivity contribution in [1.82, 2.24) is 4.90 Å². The summed E-state index contributed by atoms with van der Waals surface area (Å²) in [7, 11) is -2.36. The Labute approximate surface area is 158 Å². The maximum Gasteiger partial charge on any atom is 0.338 e. The van der Waals surface area contributed by atoms with Gasteiger partial charge in [-0.05, 0) is 49.8 Å². The molecule has 9 heteroatoms. The van der Waals surface area contributed by atoms with Crippen molar-refractivity contribution in [3.8, 4) is 0 Å². The van der Waals surface area contributed by atoms with Gasteiger partial charge in [0.1, 0.15) is 4.90 Å². The third-order valence-electron chi connectivity index (χ3n) is 4.73. The van der Waals surface area contributed by atoms with Crippen LogP contribution in [0.15, 0.2) is 23.1 Å². The molecule has 144 valence electrons. The molecule has 0 atom stereocenters. The van der Waals surface area contributed by atoms with Crippen LogP contribution in [0.5, 0.6) is 0 Å². The molecule has 7 nitrogen and oxygen atoms in total. The highest BCUT2D eigenvalue weighted by atomic mass is 35.5. The molecule has 0 aliphatic heterocycles. The van der Waals surface area contributed by atoms with Crippen molar-refractivity contribution in [1.29, 1.82) is 0 Å². The molecule has 1 aliphatic carbocycles. The van der Waals surface area contributed by atoms with E-state index >= 15 is 0 Å². The van der Waals surface area contributed by atoms with Crippen LogP contribution in [0.1, 0.15) is 43.0 Å². The van der Waals surface area contributed by atoms with E-state index < -0.39 is 22.6 Å². The van der Waals surface area contributed by atoms with Crippen LogP contribution in [0.2, 0.25) is 5.02 Å². The van der Waals surface area contributed by atoms with Crippen LogP contribution in [0, 0.1) is 5.92 Å². The van der Waals surface area contributed by atoms with Crippen LogP contribution >= 0.6 is 11.6 Å². The zero-order chi connectivity index (χ0) is 19.5. The largest absolute Gasteiger partial charge is 0.452 e. The number of nitrogens with zero attached hydrogens (tertiary/aromatic N) is 1. The molecule has 0 aromatic heterocycles. The monoisotopic (exact) mass is 402 g/mol. The minimum atomic E-state index is -4.07. The first-order valence-electron chi connectivity index (χ1n) is 8.34. The third kappa shape index (κ3) is 5.18. The van der Waals surface area contributed by atoms with Crippen LogP contribution < -0.4 is 5.14 Å². The Morgan fingerprint density at radius 2 is 1.88 bits per heavy atom. The summed E-state index contributed by atoms with van der Waals surface area (Å²) in [5.41, 5.74) is -0.0413. The maximum absolute atomic E-state index is 12.3. The first-order valence-corrected chi connectivity index (χ1v) is 10.3. The summed E-state index contributed by atoms with van der Waals surface area (Å²) in [4.78, 5) is 25.6. The molecule has 1 amide bonds. The van der Waals surface area contributed by atoms with Gasteiger partial charge in [0.25, 0.3) is 5.91 Å². The molecule has 1 fully saturated rings. The number of hydrogen-bond acceptors (Lipinski definition) is 5. The molecule has 0 spiro atoms. The van der Waals surface area contributed by atoms with Crippen molar-refractivity contribution in [3.63, 3.8) is 0 Å². The second kappa shape index (κ2) is 8.37. The third-order valence-corrected chi connectivity index (χ3v) is 6.12. The molecule has 1 aliphatic rings. The molecule has 1 aromatic carbocycles. The number of rotatable bonds is 5. The molecule has 26 heavy (non-hydrogen) atoms. The summed E-state index contributed by atoms with van der Waals surface area (Å²) < 4.78 is 27.9. The zero-order valence-electron chi connectivity index (χ0n) is 14.8. The maximum atomic E-state index is 12.3. The van der Waals surface area contributed by atoms with Gasteiger partial charge in [-0.1, -0.05) is 18.5 Å². The van der Waals surface area contributed by atoms with Crippen molar-refractivity contribution in [3.05, 3.63) is 28.8 Å². The molecule has 0 radical (unpaired) electrons. The quantitative estimate of drug-likeness (QED) is 0.759. The molecule has 1 aromatic rings. The molecule has 2 rings (SSSR count). The van der Waals surface area contributed by atoms with Crippen molar-refractivity contribution >= 4 is 33.5 Å². The number of carbonyl (C=O) groups is 2. The fraction of sp³-hybridized carbons (Fsp3) is 0.529. The van der Waals surface area contributed by atoms with Gasteiger partial charge in [0.05, 0.1) is 10.6 Å². The Morgan fingerprint density at radius 3 is 2.46 bits per heavy atom. The predicted molar refractivity (Wildman–Crippen MR) is 97.3 cm³/mol. The molecule has 0 heterocycles. The van der Waals surface area contributed by atoms with Gasteiger partial charge in [-0.15, -0.1) is 0 Å². The van der Waals surface area contributed by atoms with E-state index in [9.17, 15) is 18.0 Å². The highest BCUT2D eigenvalue weighted by Crippen LogP contribution is 2.26. The lowest BCUT2D eigenvalue weighted by molar-refractivity contribution is -0.136. The van der Waals surface area contributed by atoms with E-state index in [0.29, 0.717) is 5.92 Å². The number of nitrogens with two attached hydrogens (primary N) is 1. The topological polar surface area (TPSA) is 107 Å². The number of carbonyl (C=O) groups excluding carboxylic acids is 2. The lowest BCUT2D eigenvalue weighted by atomic mass is 9.87. The SMILES string of the molecule is CC1CCC(N(C)C(=O)COC(=O)c2ccc(Cl)c(S(N)(=O)=O)c2)CC1. The Bertz CT molecular complexity index is 788. The summed E-state index contributed by atoms with van der Waals surface area (Å²) in [5, 5.41) is 4.96. The highest BCUT2D eigenvalue weighted by Gasteiger charge is 2.25. The fourth-order valence-corrected chi connectivity index (χ4v) is 4.07. The molecule has 0 saturated heterocycles. The Balaban J connectivity index is 1.97. The summed E-state index contributed by atoms with van der Waals surface area (Å²) in [5.74, 6) is -0.436. The predicted octanol–water partition coefficient (Wildman–Crippen LogP) is 2.18. The van der Waals surface area contributed by atoms with Gasteiger partial charge in [-0.2, -0.15) is 0 Å².